The summed E-state index contributed by atoms with van der Waals surface area (Å²) in [7, 11) is 0. The van der Waals surface area contributed by atoms with Gasteiger partial charge in [-0.25, -0.2) is 0 Å². The number of hydrogen-bond acceptors (Lipinski definition) is 3. The van der Waals surface area contributed by atoms with Crippen LogP contribution in [-0.4, -0.2) is 26.3 Å². The SMILES string of the molecule is c1c2c(cc3c1OCCCO3)CCNCC2. The summed E-state index contributed by atoms with van der Waals surface area (Å²) in [6.07, 6.45) is 3.15. The zero-order chi connectivity index (χ0) is 10.8. The largest absolute Gasteiger partial charge is 0.490 e. The summed E-state index contributed by atoms with van der Waals surface area (Å²) in [5.41, 5.74) is 2.82. The molecule has 86 valence electrons. The van der Waals surface area contributed by atoms with Crippen LogP contribution in [0.3, 0.4) is 0 Å². The molecule has 0 radical (unpaired) electrons. The molecule has 1 N–H and O–H groups in total. The maximum atomic E-state index is 5.71. The van der Waals surface area contributed by atoms with Gasteiger partial charge in [-0.05, 0) is 49.2 Å². The third-order valence-corrected chi connectivity index (χ3v) is 3.21. The van der Waals surface area contributed by atoms with Gasteiger partial charge in [-0.2, -0.15) is 0 Å². The van der Waals surface area contributed by atoms with Crippen LogP contribution >= 0.6 is 0 Å². The van der Waals surface area contributed by atoms with E-state index < -0.39 is 0 Å². The van der Waals surface area contributed by atoms with Crippen LogP contribution in [0.4, 0.5) is 0 Å². The van der Waals surface area contributed by atoms with Crippen molar-refractivity contribution in [3.05, 3.63) is 23.3 Å². The molecule has 0 aliphatic carbocycles. The Labute approximate surface area is 95.8 Å². The van der Waals surface area contributed by atoms with Crippen LogP contribution in [0.15, 0.2) is 12.1 Å². The summed E-state index contributed by atoms with van der Waals surface area (Å²) >= 11 is 0. The summed E-state index contributed by atoms with van der Waals surface area (Å²) in [6.45, 7) is 3.66. The summed E-state index contributed by atoms with van der Waals surface area (Å²) in [4.78, 5) is 0. The normalized spacial score (nSPS) is 19.5. The number of ether oxygens (including phenoxy) is 2. The van der Waals surface area contributed by atoms with Crippen LogP contribution in [0, 0.1) is 0 Å². The molecule has 1 aromatic carbocycles. The van der Waals surface area contributed by atoms with Gasteiger partial charge in [0.05, 0.1) is 13.2 Å². The van der Waals surface area contributed by atoms with E-state index in [-0.39, 0.29) is 0 Å². The smallest absolute Gasteiger partial charge is 0.161 e. The van der Waals surface area contributed by atoms with Gasteiger partial charge in [0.2, 0.25) is 0 Å². The predicted molar refractivity (Wildman–Crippen MR) is 62.3 cm³/mol. The van der Waals surface area contributed by atoms with E-state index in [0.717, 1.165) is 57.1 Å². The van der Waals surface area contributed by atoms with Gasteiger partial charge < -0.3 is 14.8 Å². The zero-order valence-electron chi connectivity index (χ0n) is 9.42. The number of fused-ring (bicyclic) bond motifs is 2. The van der Waals surface area contributed by atoms with Crippen molar-refractivity contribution in [2.24, 2.45) is 0 Å². The summed E-state index contributed by atoms with van der Waals surface area (Å²) < 4.78 is 11.4. The number of nitrogens with one attached hydrogen (secondary N) is 1. The summed E-state index contributed by atoms with van der Waals surface area (Å²) in [5, 5.41) is 3.42. The van der Waals surface area contributed by atoms with Crippen molar-refractivity contribution >= 4 is 0 Å². The van der Waals surface area contributed by atoms with E-state index in [9.17, 15) is 0 Å². The van der Waals surface area contributed by atoms with E-state index in [1.54, 1.807) is 0 Å². The van der Waals surface area contributed by atoms with Crippen LogP contribution in [0.25, 0.3) is 0 Å². The van der Waals surface area contributed by atoms with Gasteiger partial charge >= 0.3 is 0 Å². The van der Waals surface area contributed by atoms with Gasteiger partial charge in [-0.1, -0.05) is 0 Å². The Morgan fingerprint density at radius 2 is 1.44 bits per heavy atom. The quantitative estimate of drug-likeness (QED) is 0.718. The molecule has 2 aliphatic heterocycles. The predicted octanol–water partition coefficient (Wildman–Crippen LogP) is 1.54. The molecule has 0 aromatic heterocycles. The zero-order valence-corrected chi connectivity index (χ0v) is 9.42. The molecule has 3 rings (SSSR count). The topological polar surface area (TPSA) is 30.5 Å². The fourth-order valence-electron chi connectivity index (χ4n) is 2.33. The molecule has 2 aliphatic rings. The number of hydrogen-bond donors (Lipinski definition) is 1. The third-order valence-electron chi connectivity index (χ3n) is 3.21. The lowest BCUT2D eigenvalue weighted by atomic mass is 10.0. The Balaban J connectivity index is 2.00. The molecule has 0 saturated heterocycles. The standard InChI is InChI=1S/C13H17NO2/c1-6-15-12-8-10-2-4-14-5-3-11(10)9-13(12)16-7-1/h8-9,14H,1-7H2. The first kappa shape index (κ1) is 9.97. The lowest BCUT2D eigenvalue weighted by Gasteiger charge is -2.12. The molecule has 2 heterocycles. The van der Waals surface area contributed by atoms with E-state index in [1.807, 2.05) is 0 Å². The second-order valence-corrected chi connectivity index (χ2v) is 4.37. The first-order chi connectivity index (χ1) is 7.93. The fraction of sp³-hybridized carbons (Fsp3) is 0.538. The van der Waals surface area contributed by atoms with E-state index in [1.165, 1.54) is 11.1 Å². The highest BCUT2D eigenvalue weighted by Gasteiger charge is 2.15. The van der Waals surface area contributed by atoms with Crippen molar-refractivity contribution in [1.82, 2.24) is 5.32 Å². The van der Waals surface area contributed by atoms with Crippen molar-refractivity contribution < 1.29 is 9.47 Å². The van der Waals surface area contributed by atoms with Crippen molar-refractivity contribution in [3.8, 4) is 11.5 Å². The van der Waals surface area contributed by atoms with E-state index in [2.05, 4.69) is 17.4 Å². The fourth-order valence-corrected chi connectivity index (χ4v) is 2.33. The maximum absolute atomic E-state index is 5.71. The van der Waals surface area contributed by atoms with Crippen molar-refractivity contribution in [2.45, 2.75) is 19.3 Å². The van der Waals surface area contributed by atoms with E-state index in [4.69, 9.17) is 9.47 Å². The highest BCUT2D eigenvalue weighted by Crippen LogP contribution is 2.33. The Hall–Kier alpha value is -1.22. The first-order valence-corrected chi connectivity index (χ1v) is 6.05. The van der Waals surface area contributed by atoms with Crippen molar-refractivity contribution in [3.63, 3.8) is 0 Å². The Morgan fingerprint density at radius 1 is 0.875 bits per heavy atom. The molecular weight excluding hydrogens is 202 g/mol. The minimum absolute atomic E-state index is 0.768. The van der Waals surface area contributed by atoms with Crippen LogP contribution in [0.2, 0.25) is 0 Å². The second kappa shape index (κ2) is 4.34. The minimum Gasteiger partial charge on any atom is -0.490 e. The summed E-state index contributed by atoms with van der Waals surface area (Å²) in [6, 6.07) is 4.34. The molecule has 3 nitrogen and oxygen atoms in total. The first-order valence-electron chi connectivity index (χ1n) is 6.05. The van der Waals surface area contributed by atoms with Crippen LogP contribution in [-0.2, 0) is 12.8 Å². The van der Waals surface area contributed by atoms with Gasteiger partial charge in [0.15, 0.2) is 11.5 Å². The molecule has 0 bridgehead atoms. The Kier molecular flexibility index (Phi) is 2.70. The maximum Gasteiger partial charge on any atom is 0.161 e. The number of benzene rings is 1. The van der Waals surface area contributed by atoms with Crippen molar-refractivity contribution in [2.75, 3.05) is 26.3 Å². The van der Waals surface area contributed by atoms with Crippen molar-refractivity contribution in [1.29, 1.82) is 0 Å². The average Bonchev–Trinajstić information content (AvgIpc) is 2.64. The molecule has 0 saturated carbocycles. The molecule has 0 spiro atoms. The van der Waals surface area contributed by atoms with Crippen LogP contribution < -0.4 is 14.8 Å². The molecule has 1 aromatic rings. The lowest BCUT2D eigenvalue weighted by molar-refractivity contribution is 0.297. The van der Waals surface area contributed by atoms with Crippen LogP contribution in [0.5, 0.6) is 11.5 Å². The van der Waals surface area contributed by atoms with Crippen LogP contribution in [0.1, 0.15) is 17.5 Å². The van der Waals surface area contributed by atoms with Gasteiger partial charge in [-0.3, -0.25) is 0 Å². The molecular formula is C13H17NO2. The Bertz CT molecular complexity index is 322. The van der Waals surface area contributed by atoms with E-state index in [0.29, 0.717) is 0 Å². The Morgan fingerprint density at radius 3 is 2.00 bits per heavy atom. The molecule has 3 heteroatoms. The average molecular weight is 219 g/mol. The molecule has 16 heavy (non-hydrogen) atoms. The van der Waals surface area contributed by atoms with Gasteiger partial charge in [0.1, 0.15) is 0 Å². The number of rotatable bonds is 0. The highest BCUT2D eigenvalue weighted by atomic mass is 16.5. The van der Waals surface area contributed by atoms with Gasteiger partial charge in [-0.15, -0.1) is 0 Å². The van der Waals surface area contributed by atoms with Gasteiger partial charge in [0, 0.05) is 6.42 Å². The third kappa shape index (κ3) is 1.87. The lowest BCUT2D eigenvalue weighted by Crippen LogP contribution is -2.16. The molecule has 0 unspecified atom stereocenters. The monoisotopic (exact) mass is 219 g/mol. The minimum atomic E-state index is 0.768. The second-order valence-electron chi connectivity index (χ2n) is 4.37. The van der Waals surface area contributed by atoms with Gasteiger partial charge in [0.25, 0.3) is 0 Å². The molecule has 0 amide bonds. The molecule has 0 atom stereocenters. The van der Waals surface area contributed by atoms with E-state index >= 15 is 0 Å². The summed E-state index contributed by atoms with van der Waals surface area (Å²) in [5.74, 6) is 1.86. The highest BCUT2D eigenvalue weighted by molar-refractivity contribution is 5.48. The molecule has 0 fully saturated rings.